The molecule has 2 N–H and O–H groups in total. The molecule has 2 aliphatic rings. The molecule has 1 saturated carbocycles. The van der Waals surface area contributed by atoms with Crippen LogP contribution in [0.3, 0.4) is 0 Å². The molecule has 1 atom stereocenters. The molecule has 3 amide bonds. The van der Waals surface area contributed by atoms with Crippen LogP contribution in [0.4, 0.5) is 4.79 Å². The average Bonchev–Trinajstić information content (AvgIpc) is 2.88. The van der Waals surface area contributed by atoms with Gasteiger partial charge in [-0.25, -0.2) is 4.79 Å². The summed E-state index contributed by atoms with van der Waals surface area (Å²) >= 11 is 0. The minimum Gasteiger partial charge on any atom is -0.466 e. The molecule has 0 aromatic rings. The lowest BCUT2D eigenvalue weighted by Crippen LogP contribution is -2.44. The van der Waals surface area contributed by atoms with E-state index in [9.17, 15) is 14.4 Å². The zero-order valence-electron chi connectivity index (χ0n) is 14.5. The van der Waals surface area contributed by atoms with Crippen LogP contribution in [0.25, 0.3) is 0 Å². The SMILES string of the molecule is CCOC(=O)CCNC(=O)NC1CC(=O)N(CC2CCCCC2)C1. The molecular weight excluding hydrogens is 310 g/mol. The minimum absolute atomic E-state index is 0.123. The van der Waals surface area contributed by atoms with Gasteiger partial charge in [-0.2, -0.15) is 0 Å². The molecular formula is C17H29N3O4. The normalized spacial score (nSPS) is 21.6. The van der Waals surface area contributed by atoms with Crippen LogP contribution in [0.15, 0.2) is 0 Å². The fourth-order valence-electron chi connectivity index (χ4n) is 3.47. The van der Waals surface area contributed by atoms with Crippen LogP contribution in [0.2, 0.25) is 0 Å². The van der Waals surface area contributed by atoms with Gasteiger partial charge in [-0.05, 0) is 25.7 Å². The van der Waals surface area contributed by atoms with Crippen LogP contribution < -0.4 is 10.6 Å². The lowest BCUT2D eigenvalue weighted by Gasteiger charge is -2.27. The van der Waals surface area contributed by atoms with Gasteiger partial charge in [-0.1, -0.05) is 19.3 Å². The first-order valence-electron chi connectivity index (χ1n) is 9.06. The maximum Gasteiger partial charge on any atom is 0.315 e. The van der Waals surface area contributed by atoms with Crippen molar-refractivity contribution < 1.29 is 19.1 Å². The summed E-state index contributed by atoms with van der Waals surface area (Å²) in [6, 6.07) is -0.486. The Labute approximate surface area is 143 Å². The minimum atomic E-state index is -0.336. The quantitative estimate of drug-likeness (QED) is 0.687. The Balaban J connectivity index is 1.65. The summed E-state index contributed by atoms with van der Waals surface area (Å²) in [6.45, 7) is 3.72. The van der Waals surface area contributed by atoms with Crippen molar-refractivity contribution in [2.45, 2.75) is 57.9 Å². The van der Waals surface area contributed by atoms with Gasteiger partial charge in [0.15, 0.2) is 0 Å². The van der Waals surface area contributed by atoms with E-state index in [4.69, 9.17) is 4.74 Å². The highest BCUT2D eigenvalue weighted by molar-refractivity contribution is 5.81. The summed E-state index contributed by atoms with van der Waals surface area (Å²) in [6.07, 6.45) is 6.75. The van der Waals surface area contributed by atoms with Crippen LogP contribution in [0, 0.1) is 5.92 Å². The topological polar surface area (TPSA) is 87.7 Å². The zero-order chi connectivity index (χ0) is 17.4. The third kappa shape index (κ3) is 6.02. The Morgan fingerprint density at radius 3 is 2.71 bits per heavy atom. The van der Waals surface area contributed by atoms with Gasteiger partial charge >= 0.3 is 12.0 Å². The second-order valence-corrected chi connectivity index (χ2v) is 6.66. The third-order valence-electron chi connectivity index (χ3n) is 4.67. The van der Waals surface area contributed by atoms with Gasteiger partial charge in [0.25, 0.3) is 0 Å². The second-order valence-electron chi connectivity index (χ2n) is 6.66. The van der Waals surface area contributed by atoms with Crippen molar-refractivity contribution >= 4 is 17.9 Å². The van der Waals surface area contributed by atoms with Gasteiger partial charge < -0.3 is 20.3 Å². The van der Waals surface area contributed by atoms with E-state index < -0.39 is 0 Å². The number of amides is 3. The Morgan fingerprint density at radius 2 is 2.00 bits per heavy atom. The van der Waals surface area contributed by atoms with E-state index in [0.717, 1.165) is 6.54 Å². The number of urea groups is 1. The standard InChI is InChI=1S/C17H29N3O4/c1-2-24-16(22)8-9-18-17(23)19-14-10-15(21)20(12-14)11-13-6-4-3-5-7-13/h13-14H,2-12H2,1H3,(H2,18,19,23). The van der Waals surface area contributed by atoms with Gasteiger partial charge in [-0.3, -0.25) is 9.59 Å². The highest BCUT2D eigenvalue weighted by Crippen LogP contribution is 2.26. The van der Waals surface area contributed by atoms with E-state index in [-0.39, 0.29) is 36.9 Å². The summed E-state index contributed by atoms with van der Waals surface area (Å²) in [4.78, 5) is 37.0. The van der Waals surface area contributed by atoms with Crippen molar-refractivity contribution in [3.63, 3.8) is 0 Å². The molecule has 7 heteroatoms. The maximum absolute atomic E-state index is 12.1. The van der Waals surface area contributed by atoms with Crippen molar-refractivity contribution in [2.75, 3.05) is 26.2 Å². The molecule has 0 radical (unpaired) electrons. The molecule has 1 aliphatic heterocycles. The van der Waals surface area contributed by atoms with Crippen LogP contribution >= 0.6 is 0 Å². The Morgan fingerprint density at radius 1 is 1.25 bits per heavy atom. The number of ether oxygens (including phenoxy) is 1. The number of hydrogen-bond acceptors (Lipinski definition) is 4. The highest BCUT2D eigenvalue weighted by Gasteiger charge is 2.32. The second kappa shape index (κ2) is 9.49. The lowest BCUT2D eigenvalue weighted by molar-refractivity contribution is -0.142. The third-order valence-corrected chi connectivity index (χ3v) is 4.67. The fraction of sp³-hybridized carbons (Fsp3) is 0.824. The van der Waals surface area contributed by atoms with Crippen molar-refractivity contribution in [2.24, 2.45) is 5.92 Å². The summed E-state index contributed by atoms with van der Waals surface area (Å²) < 4.78 is 4.80. The molecule has 1 aliphatic carbocycles. The fourth-order valence-corrected chi connectivity index (χ4v) is 3.47. The number of carbonyl (C=O) groups excluding carboxylic acids is 3. The maximum atomic E-state index is 12.1. The average molecular weight is 339 g/mol. The number of hydrogen-bond donors (Lipinski definition) is 2. The van der Waals surface area contributed by atoms with Gasteiger partial charge in [-0.15, -0.1) is 0 Å². The first kappa shape index (κ1) is 18.5. The summed E-state index contributed by atoms with van der Waals surface area (Å²) in [7, 11) is 0. The first-order valence-corrected chi connectivity index (χ1v) is 9.06. The molecule has 1 heterocycles. The van der Waals surface area contributed by atoms with E-state index in [1.807, 2.05) is 4.90 Å². The molecule has 2 fully saturated rings. The number of esters is 1. The smallest absolute Gasteiger partial charge is 0.315 e. The van der Waals surface area contributed by atoms with E-state index >= 15 is 0 Å². The van der Waals surface area contributed by atoms with Crippen molar-refractivity contribution in [1.82, 2.24) is 15.5 Å². The first-order chi connectivity index (χ1) is 11.6. The van der Waals surface area contributed by atoms with Crippen LogP contribution in [-0.2, 0) is 14.3 Å². The number of carbonyl (C=O) groups is 3. The predicted molar refractivity (Wildman–Crippen MR) is 89.3 cm³/mol. The van der Waals surface area contributed by atoms with Crippen molar-refractivity contribution in [3.05, 3.63) is 0 Å². The van der Waals surface area contributed by atoms with E-state index in [0.29, 0.717) is 25.5 Å². The van der Waals surface area contributed by atoms with E-state index in [1.54, 1.807) is 6.92 Å². The molecule has 136 valence electrons. The van der Waals surface area contributed by atoms with Crippen LogP contribution in [0.1, 0.15) is 51.9 Å². The van der Waals surface area contributed by atoms with Crippen molar-refractivity contribution in [1.29, 1.82) is 0 Å². The van der Waals surface area contributed by atoms with Gasteiger partial charge in [0.05, 0.1) is 19.1 Å². The van der Waals surface area contributed by atoms with Gasteiger partial charge in [0, 0.05) is 26.1 Å². The Kier molecular flexibility index (Phi) is 7.34. The van der Waals surface area contributed by atoms with E-state index in [2.05, 4.69) is 10.6 Å². The number of likely N-dealkylation sites (tertiary alicyclic amines) is 1. The molecule has 7 nitrogen and oxygen atoms in total. The molecule has 1 unspecified atom stereocenters. The lowest BCUT2D eigenvalue weighted by atomic mass is 9.89. The molecule has 1 saturated heterocycles. The summed E-state index contributed by atoms with van der Waals surface area (Å²) in [5, 5.41) is 5.45. The number of rotatable bonds is 7. The molecule has 0 aromatic heterocycles. The molecule has 2 rings (SSSR count). The van der Waals surface area contributed by atoms with Gasteiger partial charge in [0.1, 0.15) is 0 Å². The van der Waals surface area contributed by atoms with Gasteiger partial charge in [0.2, 0.25) is 5.91 Å². The molecule has 24 heavy (non-hydrogen) atoms. The zero-order valence-corrected chi connectivity index (χ0v) is 14.5. The monoisotopic (exact) mass is 339 g/mol. The summed E-state index contributed by atoms with van der Waals surface area (Å²) in [5.74, 6) is 0.407. The molecule has 0 spiro atoms. The van der Waals surface area contributed by atoms with Crippen molar-refractivity contribution in [3.8, 4) is 0 Å². The van der Waals surface area contributed by atoms with Crippen LogP contribution in [0.5, 0.6) is 0 Å². The Hall–Kier alpha value is -1.79. The number of nitrogens with zero attached hydrogens (tertiary/aromatic N) is 1. The molecule has 0 aromatic carbocycles. The van der Waals surface area contributed by atoms with Crippen LogP contribution in [-0.4, -0.2) is 55.1 Å². The highest BCUT2D eigenvalue weighted by atomic mass is 16.5. The number of nitrogens with one attached hydrogen (secondary N) is 2. The predicted octanol–water partition coefficient (Wildman–Crippen LogP) is 1.42. The summed E-state index contributed by atoms with van der Waals surface area (Å²) in [5.41, 5.74) is 0. The van der Waals surface area contributed by atoms with E-state index in [1.165, 1.54) is 32.1 Å². The largest absolute Gasteiger partial charge is 0.466 e. The Bertz CT molecular complexity index is 449. The molecule has 0 bridgehead atoms.